The van der Waals surface area contributed by atoms with Crippen LogP contribution in [0.4, 0.5) is 0 Å². The molecule has 5 heteroatoms. The maximum absolute atomic E-state index is 4.28. The number of pyridine rings is 1. The van der Waals surface area contributed by atoms with Crippen LogP contribution >= 0.6 is 43.2 Å². The van der Waals surface area contributed by atoms with Crippen LogP contribution in [0.15, 0.2) is 32.1 Å². The van der Waals surface area contributed by atoms with E-state index >= 15 is 0 Å². The summed E-state index contributed by atoms with van der Waals surface area (Å²) >= 11 is 8.30. The molecule has 2 nitrogen and oxygen atoms in total. The van der Waals surface area contributed by atoms with E-state index in [1.165, 1.54) is 0 Å². The average Bonchev–Trinajstić information content (AvgIpc) is 2.53. The van der Waals surface area contributed by atoms with Crippen LogP contribution in [-0.4, -0.2) is 9.97 Å². The Morgan fingerprint density at radius 3 is 2.77 bits per heavy atom. The Morgan fingerprint density at radius 1 is 1.31 bits per heavy atom. The molecular formula is C8H4Br2N2S. The summed E-state index contributed by atoms with van der Waals surface area (Å²) in [5, 5.41) is 1.97. The molecule has 0 atom stereocenters. The van der Waals surface area contributed by atoms with E-state index in [-0.39, 0.29) is 0 Å². The first-order valence-corrected chi connectivity index (χ1v) is 5.96. The summed E-state index contributed by atoms with van der Waals surface area (Å²) in [5.41, 5.74) is 1.77. The van der Waals surface area contributed by atoms with Crippen molar-refractivity contribution >= 4 is 43.2 Å². The number of rotatable bonds is 1. The molecule has 0 aliphatic carbocycles. The molecule has 0 spiro atoms. The van der Waals surface area contributed by atoms with E-state index in [1.807, 2.05) is 17.5 Å². The molecule has 2 aromatic heterocycles. The van der Waals surface area contributed by atoms with Crippen LogP contribution in [0.25, 0.3) is 11.4 Å². The molecule has 0 aliphatic heterocycles. The highest BCUT2D eigenvalue weighted by atomic mass is 79.9. The predicted molar refractivity (Wildman–Crippen MR) is 60.7 cm³/mol. The predicted octanol–water partition coefficient (Wildman–Crippen LogP) is 3.73. The molecule has 0 saturated carbocycles. The Balaban J connectivity index is 2.52. The third-order valence-electron chi connectivity index (χ3n) is 1.48. The molecular weight excluding hydrogens is 316 g/mol. The fourth-order valence-electron chi connectivity index (χ4n) is 0.935. The first kappa shape index (κ1) is 9.30. The van der Waals surface area contributed by atoms with Gasteiger partial charge in [0.1, 0.15) is 11.4 Å². The largest absolute Gasteiger partial charge is 0.253 e. The van der Waals surface area contributed by atoms with Gasteiger partial charge >= 0.3 is 0 Å². The molecule has 0 fully saturated rings. The van der Waals surface area contributed by atoms with Crippen LogP contribution in [0, 0.1) is 0 Å². The van der Waals surface area contributed by atoms with Crippen molar-refractivity contribution in [2.45, 2.75) is 0 Å². The van der Waals surface area contributed by atoms with Crippen LogP contribution in [0.2, 0.25) is 0 Å². The maximum Gasteiger partial charge on any atom is 0.159 e. The highest BCUT2D eigenvalue weighted by Gasteiger charge is 2.06. The topological polar surface area (TPSA) is 25.8 Å². The Hall–Kier alpha value is -0.260. The zero-order valence-corrected chi connectivity index (χ0v) is 10.4. The summed E-state index contributed by atoms with van der Waals surface area (Å²) in [6, 6.07) is 3.84. The van der Waals surface area contributed by atoms with Gasteiger partial charge in [-0.05, 0) is 44.0 Å². The van der Waals surface area contributed by atoms with Gasteiger partial charge in [-0.15, -0.1) is 11.3 Å². The number of thiazole rings is 1. The third kappa shape index (κ3) is 1.98. The molecule has 0 radical (unpaired) electrons. The summed E-state index contributed by atoms with van der Waals surface area (Å²) in [5.74, 6) is 0. The lowest BCUT2D eigenvalue weighted by Gasteiger charge is -1.97. The molecule has 0 aliphatic rings. The molecule has 2 aromatic rings. The van der Waals surface area contributed by atoms with Gasteiger partial charge in [0.2, 0.25) is 0 Å². The smallest absolute Gasteiger partial charge is 0.159 e. The average molecular weight is 320 g/mol. The van der Waals surface area contributed by atoms with Crippen LogP contribution < -0.4 is 0 Å². The van der Waals surface area contributed by atoms with Crippen molar-refractivity contribution in [2.24, 2.45) is 0 Å². The molecule has 66 valence electrons. The fraction of sp³-hybridized carbons (Fsp3) is 0. The second-order valence-corrected chi connectivity index (χ2v) is 5.31. The molecule has 2 heterocycles. The lowest BCUT2D eigenvalue weighted by molar-refractivity contribution is 1.26. The number of hydrogen-bond acceptors (Lipinski definition) is 3. The van der Waals surface area contributed by atoms with Gasteiger partial charge in [0.15, 0.2) is 3.92 Å². The lowest BCUT2D eigenvalue weighted by Crippen LogP contribution is -1.83. The van der Waals surface area contributed by atoms with Gasteiger partial charge in [-0.2, -0.15) is 0 Å². The molecule has 0 unspecified atom stereocenters. The van der Waals surface area contributed by atoms with Gasteiger partial charge in [-0.3, -0.25) is 4.98 Å². The summed E-state index contributed by atoms with van der Waals surface area (Å²) in [6.45, 7) is 0. The van der Waals surface area contributed by atoms with Crippen LogP contribution in [0.5, 0.6) is 0 Å². The Bertz CT molecular complexity index is 428. The molecule has 0 aromatic carbocycles. The van der Waals surface area contributed by atoms with Crippen molar-refractivity contribution in [3.63, 3.8) is 0 Å². The lowest BCUT2D eigenvalue weighted by atomic mass is 10.3. The van der Waals surface area contributed by atoms with Gasteiger partial charge < -0.3 is 0 Å². The van der Waals surface area contributed by atoms with E-state index in [4.69, 9.17) is 0 Å². The monoisotopic (exact) mass is 318 g/mol. The molecule has 13 heavy (non-hydrogen) atoms. The van der Waals surface area contributed by atoms with E-state index in [1.54, 1.807) is 17.5 Å². The minimum Gasteiger partial charge on any atom is -0.253 e. The van der Waals surface area contributed by atoms with Crippen molar-refractivity contribution in [3.8, 4) is 11.4 Å². The summed E-state index contributed by atoms with van der Waals surface area (Å²) < 4.78 is 1.84. The van der Waals surface area contributed by atoms with E-state index < -0.39 is 0 Å². The van der Waals surface area contributed by atoms with Crippen molar-refractivity contribution in [1.29, 1.82) is 0 Å². The molecule has 2 rings (SSSR count). The number of halogens is 2. The Labute approximate surface area is 96.3 Å². The van der Waals surface area contributed by atoms with Gasteiger partial charge in [-0.1, -0.05) is 0 Å². The van der Waals surface area contributed by atoms with Gasteiger partial charge in [0.05, 0.1) is 0 Å². The van der Waals surface area contributed by atoms with E-state index in [0.717, 1.165) is 19.8 Å². The Kier molecular flexibility index (Phi) is 2.76. The minimum atomic E-state index is 0.875. The quantitative estimate of drug-likeness (QED) is 0.800. The zero-order chi connectivity index (χ0) is 9.26. The van der Waals surface area contributed by atoms with Crippen molar-refractivity contribution in [2.75, 3.05) is 0 Å². The van der Waals surface area contributed by atoms with Crippen LogP contribution in [0.1, 0.15) is 0 Å². The third-order valence-corrected chi connectivity index (χ3v) is 3.48. The second-order valence-electron chi connectivity index (χ2n) is 2.32. The summed E-state index contributed by atoms with van der Waals surface area (Å²) in [6.07, 6.45) is 1.76. The number of aromatic nitrogens is 2. The molecule has 0 amide bonds. The van der Waals surface area contributed by atoms with Crippen molar-refractivity contribution in [3.05, 3.63) is 32.1 Å². The van der Waals surface area contributed by atoms with Gasteiger partial charge in [0, 0.05) is 16.0 Å². The highest BCUT2D eigenvalue weighted by Crippen LogP contribution is 2.28. The molecule has 0 saturated heterocycles. The first-order valence-electron chi connectivity index (χ1n) is 3.49. The number of hydrogen-bond donors (Lipinski definition) is 0. The van der Waals surface area contributed by atoms with Crippen LogP contribution in [-0.2, 0) is 0 Å². The van der Waals surface area contributed by atoms with Gasteiger partial charge in [-0.25, -0.2) is 4.98 Å². The standard InChI is InChI=1S/C8H4Br2N2S/c9-5-2-1-3-11-7(5)6-4-13-8(10)12-6/h1-4H. The van der Waals surface area contributed by atoms with Crippen molar-refractivity contribution < 1.29 is 0 Å². The van der Waals surface area contributed by atoms with Gasteiger partial charge in [0.25, 0.3) is 0 Å². The van der Waals surface area contributed by atoms with Crippen molar-refractivity contribution in [1.82, 2.24) is 9.97 Å². The Morgan fingerprint density at radius 2 is 2.15 bits per heavy atom. The first-order chi connectivity index (χ1) is 6.27. The highest BCUT2D eigenvalue weighted by molar-refractivity contribution is 9.11. The number of nitrogens with zero attached hydrogens (tertiary/aromatic N) is 2. The second kappa shape index (κ2) is 3.86. The van der Waals surface area contributed by atoms with E-state index in [0.29, 0.717) is 0 Å². The van der Waals surface area contributed by atoms with Crippen LogP contribution in [0.3, 0.4) is 0 Å². The maximum atomic E-state index is 4.28. The SMILES string of the molecule is Brc1nc(-c2ncccc2Br)cs1. The summed E-state index contributed by atoms with van der Waals surface area (Å²) in [4.78, 5) is 8.52. The molecule has 0 N–H and O–H groups in total. The molecule has 0 bridgehead atoms. The van der Waals surface area contributed by atoms with E-state index in [2.05, 4.69) is 41.8 Å². The van der Waals surface area contributed by atoms with E-state index in [9.17, 15) is 0 Å². The minimum absolute atomic E-state index is 0.875. The summed E-state index contributed by atoms with van der Waals surface area (Å²) in [7, 11) is 0. The fourth-order valence-corrected chi connectivity index (χ4v) is 2.39. The normalized spacial score (nSPS) is 10.3. The zero-order valence-electron chi connectivity index (χ0n) is 6.37.